The highest BCUT2D eigenvalue weighted by Crippen LogP contribution is 2.30. The molecule has 0 unspecified atom stereocenters. The second-order valence-electron chi connectivity index (χ2n) is 8.54. The van der Waals surface area contributed by atoms with Crippen molar-refractivity contribution in [3.05, 3.63) is 65.2 Å². The van der Waals surface area contributed by atoms with Gasteiger partial charge in [-0.05, 0) is 43.0 Å². The monoisotopic (exact) mass is 423 g/mol. The summed E-state index contributed by atoms with van der Waals surface area (Å²) in [7, 11) is 0. The quantitative estimate of drug-likeness (QED) is 0.608. The maximum Gasteiger partial charge on any atom is 0.258 e. The molecule has 4 rings (SSSR count). The van der Waals surface area contributed by atoms with Crippen LogP contribution in [0.25, 0.3) is 0 Å². The Bertz CT molecular complexity index is 867. The molecule has 2 aliphatic rings. The first-order valence-corrected chi connectivity index (χ1v) is 11.4. The number of rotatable bonds is 8. The number of hydrogen-bond acceptors (Lipinski definition) is 5. The van der Waals surface area contributed by atoms with Crippen LogP contribution in [0.3, 0.4) is 0 Å². The predicted octanol–water partition coefficient (Wildman–Crippen LogP) is 2.42. The Hall–Kier alpha value is -2.41. The van der Waals surface area contributed by atoms with E-state index in [0.717, 1.165) is 43.8 Å². The lowest BCUT2D eigenvalue weighted by Crippen LogP contribution is -2.42. The van der Waals surface area contributed by atoms with Gasteiger partial charge in [0.05, 0.1) is 6.10 Å². The number of ether oxygens (including phenoxy) is 1. The van der Waals surface area contributed by atoms with Crippen LogP contribution < -0.4 is 15.4 Å². The molecule has 1 saturated heterocycles. The Labute approximate surface area is 184 Å². The van der Waals surface area contributed by atoms with Crippen LogP contribution in [0.5, 0.6) is 5.75 Å². The van der Waals surface area contributed by atoms with Crippen LogP contribution in [0.2, 0.25) is 0 Å². The standard InChI is InChI=1S/C25H33N3O3/c29-21(17-28-14-12-19-7-1-2-8-20(19)16-28)15-27-25(30)18-31-24-11-4-3-9-22(24)23-10-5-6-13-26-23/h1-4,7-9,11,21,23,26,29H,5-6,10,12-18H2,(H,27,30)/t21-,23-/m1/s1. The van der Waals surface area contributed by atoms with Crippen molar-refractivity contribution in [2.45, 2.75) is 44.4 Å². The van der Waals surface area contributed by atoms with Crippen molar-refractivity contribution in [1.82, 2.24) is 15.5 Å². The first-order valence-electron chi connectivity index (χ1n) is 11.4. The predicted molar refractivity (Wildman–Crippen MR) is 121 cm³/mol. The fourth-order valence-electron chi connectivity index (χ4n) is 4.52. The van der Waals surface area contributed by atoms with Gasteiger partial charge in [0.1, 0.15) is 5.75 Å². The van der Waals surface area contributed by atoms with Gasteiger partial charge in [-0.1, -0.05) is 48.9 Å². The van der Waals surface area contributed by atoms with E-state index < -0.39 is 6.10 Å². The zero-order valence-electron chi connectivity index (χ0n) is 18.1. The first kappa shape index (κ1) is 21.8. The number of hydrogen-bond donors (Lipinski definition) is 3. The third-order valence-electron chi connectivity index (χ3n) is 6.18. The number of carbonyl (C=O) groups is 1. The van der Waals surface area contributed by atoms with Gasteiger partial charge >= 0.3 is 0 Å². The number of para-hydroxylation sites is 1. The van der Waals surface area contributed by atoms with E-state index in [1.165, 1.54) is 24.0 Å². The Morgan fingerprint density at radius 3 is 2.81 bits per heavy atom. The molecule has 0 aliphatic carbocycles. The molecule has 1 amide bonds. The number of nitrogens with one attached hydrogen (secondary N) is 2. The van der Waals surface area contributed by atoms with Crippen molar-refractivity contribution < 1.29 is 14.6 Å². The molecule has 1 fully saturated rings. The van der Waals surface area contributed by atoms with Gasteiger partial charge in [-0.2, -0.15) is 0 Å². The normalized spacial score (nSPS) is 20.0. The van der Waals surface area contributed by atoms with Gasteiger partial charge < -0.3 is 20.5 Å². The SMILES string of the molecule is O=C(COc1ccccc1[C@H]1CCCCN1)NC[C@@H](O)CN1CCc2ccccc2C1. The molecule has 2 atom stereocenters. The molecule has 2 aliphatic heterocycles. The van der Waals surface area contributed by atoms with Crippen LogP contribution in [-0.4, -0.2) is 54.8 Å². The summed E-state index contributed by atoms with van der Waals surface area (Å²) in [6.07, 6.45) is 3.88. The van der Waals surface area contributed by atoms with E-state index in [-0.39, 0.29) is 25.1 Å². The minimum atomic E-state index is -0.604. The maximum absolute atomic E-state index is 12.3. The van der Waals surface area contributed by atoms with E-state index >= 15 is 0 Å². The van der Waals surface area contributed by atoms with Crippen molar-refractivity contribution in [1.29, 1.82) is 0 Å². The molecule has 31 heavy (non-hydrogen) atoms. The van der Waals surface area contributed by atoms with E-state index in [1.54, 1.807) is 0 Å². The van der Waals surface area contributed by atoms with Gasteiger partial charge in [0, 0.05) is 37.8 Å². The van der Waals surface area contributed by atoms with Crippen molar-refractivity contribution in [2.24, 2.45) is 0 Å². The maximum atomic E-state index is 12.3. The first-order chi connectivity index (χ1) is 15.2. The summed E-state index contributed by atoms with van der Waals surface area (Å²) in [4.78, 5) is 14.5. The zero-order valence-corrected chi connectivity index (χ0v) is 18.1. The highest BCUT2D eigenvalue weighted by molar-refractivity contribution is 5.77. The Kier molecular flexibility index (Phi) is 7.57. The average molecular weight is 424 g/mol. The van der Waals surface area contributed by atoms with Crippen molar-refractivity contribution >= 4 is 5.91 Å². The number of nitrogens with zero attached hydrogens (tertiary/aromatic N) is 1. The summed E-state index contributed by atoms with van der Waals surface area (Å²) < 4.78 is 5.83. The Morgan fingerprint density at radius 2 is 1.97 bits per heavy atom. The van der Waals surface area contributed by atoms with Crippen LogP contribution in [0, 0.1) is 0 Å². The largest absolute Gasteiger partial charge is 0.483 e. The Balaban J connectivity index is 1.20. The molecule has 0 radical (unpaired) electrons. The molecule has 0 saturated carbocycles. The smallest absolute Gasteiger partial charge is 0.258 e. The van der Waals surface area contributed by atoms with E-state index in [2.05, 4.69) is 45.9 Å². The molecule has 166 valence electrons. The minimum Gasteiger partial charge on any atom is -0.483 e. The number of piperidine rings is 1. The summed E-state index contributed by atoms with van der Waals surface area (Å²) in [6, 6.07) is 16.7. The van der Waals surface area contributed by atoms with Crippen LogP contribution in [0.15, 0.2) is 48.5 Å². The van der Waals surface area contributed by atoms with Crippen LogP contribution >= 0.6 is 0 Å². The average Bonchev–Trinajstić information content (AvgIpc) is 2.82. The molecule has 3 N–H and O–H groups in total. The molecule has 2 aromatic rings. The molecule has 0 bridgehead atoms. The summed E-state index contributed by atoms with van der Waals surface area (Å²) in [5, 5.41) is 16.7. The third kappa shape index (κ3) is 6.06. The number of fused-ring (bicyclic) bond motifs is 1. The lowest BCUT2D eigenvalue weighted by Gasteiger charge is -2.30. The third-order valence-corrected chi connectivity index (χ3v) is 6.18. The number of carbonyl (C=O) groups excluding carboxylic acids is 1. The number of benzene rings is 2. The van der Waals surface area contributed by atoms with Crippen LogP contribution in [-0.2, 0) is 17.8 Å². The minimum absolute atomic E-state index is 0.0481. The molecule has 2 heterocycles. The Morgan fingerprint density at radius 1 is 1.16 bits per heavy atom. The molecule has 2 aromatic carbocycles. The second kappa shape index (κ2) is 10.8. The molecule has 0 aromatic heterocycles. The van der Waals surface area contributed by atoms with E-state index in [1.807, 2.05) is 18.2 Å². The van der Waals surface area contributed by atoms with E-state index in [4.69, 9.17) is 4.74 Å². The number of aliphatic hydroxyl groups is 1. The summed E-state index contributed by atoms with van der Waals surface area (Å²) in [5.41, 5.74) is 3.83. The zero-order chi connectivity index (χ0) is 21.5. The fraction of sp³-hybridized carbons (Fsp3) is 0.480. The molecule has 6 nitrogen and oxygen atoms in total. The van der Waals surface area contributed by atoms with Gasteiger partial charge in [-0.3, -0.25) is 9.69 Å². The van der Waals surface area contributed by atoms with Gasteiger partial charge in [0.2, 0.25) is 0 Å². The van der Waals surface area contributed by atoms with Gasteiger partial charge in [0.25, 0.3) is 5.91 Å². The second-order valence-corrected chi connectivity index (χ2v) is 8.54. The lowest BCUT2D eigenvalue weighted by atomic mass is 9.97. The van der Waals surface area contributed by atoms with Crippen LogP contribution in [0.4, 0.5) is 0 Å². The summed E-state index contributed by atoms with van der Waals surface area (Å²) in [5.74, 6) is 0.541. The number of aliphatic hydroxyl groups excluding tert-OH is 1. The molecular weight excluding hydrogens is 390 g/mol. The van der Waals surface area contributed by atoms with Crippen molar-refractivity contribution in [3.8, 4) is 5.75 Å². The van der Waals surface area contributed by atoms with Crippen LogP contribution in [0.1, 0.15) is 42.0 Å². The highest BCUT2D eigenvalue weighted by atomic mass is 16.5. The molecular formula is C25H33N3O3. The lowest BCUT2D eigenvalue weighted by molar-refractivity contribution is -0.123. The van der Waals surface area contributed by atoms with Gasteiger partial charge in [-0.15, -0.1) is 0 Å². The van der Waals surface area contributed by atoms with E-state index in [0.29, 0.717) is 6.54 Å². The van der Waals surface area contributed by atoms with Crippen molar-refractivity contribution in [3.63, 3.8) is 0 Å². The number of amides is 1. The van der Waals surface area contributed by atoms with Crippen molar-refractivity contribution in [2.75, 3.05) is 32.8 Å². The summed E-state index contributed by atoms with van der Waals surface area (Å²) >= 11 is 0. The van der Waals surface area contributed by atoms with E-state index in [9.17, 15) is 9.90 Å². The van der Waals surface area contributed by atoms with Gasteiger partial charge in [0.15, 0.2) is 6.61 Å². The molecule has 6 heteroatoms. The summed E-state index contributed by atoms with van der Waals surface area (Å²) in [6.45, 7) is 3.51. The topological polar surface area (TPSA) is 73.8 Å². The highest BCUT2D eigenvalue weighted by Gasteiger charge is 2.20. The fourth-order valence-corrected chi connectivity index (χ4v) is 4.52. The van der Waals surface area contributed by atoms with Gasteiger partial charge in [-0.25, -0.2) is 0 Å². The molecule has 0 spiro atoms. The number of β-amino-alcohol motifs (C(OH)–C–C–N with tert-alkyl or cyclic N) is 1.